The van der Waals surface area contributed by atoms with E-state index in [0.717, 1.165) is 44.2 Å². The number of hydrogen-bond donors (Lipinski definition) is 3. The number of hydrogen-bond acceptors (Lipinski definition) is 5. The third-order valence-corrected chi connectivity index (χ3v) is 8.31. The monoisotopic (exact) mass is 491 g/mol. The number of unbranched alkanes of at least 4 members (excludes halogenated alkanes) is 2. The summed E-state index contributed by atoms with van der Waals surface area (Å²) in [5.41, 5.74) is 1.32. The minimum atomic E-state index is -3.22. The molecule has 0 unspecified atom stereocenters. The fourth-order valence-corrected chi connectivity index (χ4v) is 6.77. The summed E-state index contributed by atoms with van der Waals surface area (Å²) in [7, 11) is -3.22. The molecule has 0 amide bonds. The Kier molecular flexibility index (Phi) is 8.62. The van der Waals surface area contributed by atoms with Crippen LogP contribution in [0, 0.1) is 5.41 Å². The fraction of sp³-hybridized carbons (Fsp3) is 0.423. The number of carboxylic acids is 1. The molecular weight excluding hydrogens is 457 g/mol. The van der Waals surface area contributed by atoms with E-state index in [4.69, 9.17) is 9.84 Å². The number of rotatable bonds is 10. The molecule has 1 heterocycles. The van der Waals surface area contributed by atoms with Gasteiger partial charge in [-0.1, -0.05) is 57.7 Å². The van der Waals surface area contributed by atoms with Gasteiger partial charge in [0.25, 0.3) is 0 Å². The standard InChI is InChI=1S/C26H34FNO5S/c1-3-5-14-26(15-6-4-2)18-28(20-10-8-7-9-11-20)23-13-12-21(33-17-22(27)25(29)30)16-24(23)34(31,32)19-26/h7-13,16-17,31-32H,3-6,14-15,18-19H2,1-2H3,(H,29,30)/b22-17-. The molecule has 1 aliphatic heterocycles. The highest BCUT2D eigenvalue weighted by Crippen LogP contribution is 2.61. The highest BCUT2D eigenvalue weighted by atomic mass is 32.3. The summed E-state index contributed by atoms with van der Waals surface area (Å²) in [6.07, 6.45) is 6.29. The number of halogens is 1. The molecule has 0 aliphatic carbocycles. The van der Waals surface area contributed by atoms with Gasteiger partial charge in [0.1, 0.15) is 12.0 Å². The Hall–Kier alpha value is -2.55. The van der Waals surface area contributed by atoms with E-state index in [2.05, 4.69) is 18.7 Å². The molecule has 0 radical (unpaired) electrons. The number of nitrogens with zero attached hydrogens (tertiary/aromatic N) is 1. The van der Waals surface area contributed by atoms with E-state index < -0.39 is 22.4 Å². The first-order valence-electron chi connectivity index (χ1n) is 11.7. The predicted octanol–water partition coefficient (Wildman–Crippen LogP) is 7.59. The van der Waals surface area contributed by atoms with Gasteiger partial charge in [-0.3, -0.25) is 9.11 Å². The van der Waals surface area contributed by atoms with Crippen molar-refractivity contribution in [2.45, 2.75) is 57.3 Å². The van der Waals surface area contributed by atoms with Crippen molar-refractivity contribution in [1.29, 1.82) is 0 Å². The lowest BCUT2D eigenvalue weighted by molar-refractivity contribution is -0.134. The Morgan fingerprint density at radius 3 is 2.35 bits per heavy atom. The van der Waals surface area contributed by atoms with E-state index in [-0.39, 0.29) is 16.9 Å². The summed E-state index contributed by atoms with van der Waals surface area (Å²) in [6.45, 7) is 4.92. The first-order valence-corrected chi connectivity index (χ1v) is 13.4. The molecule has 0 bridgehead atoms. The molecule has 2 aromatic carbocycles. The van der Waals surface area contributed by atoms with Crippen molar-refractivity contribution in [3.63, 3.8) is 0 Å². The predicted molar refractivity (Wildman–Crippen MR) is 135 cm³/mol. The Bertz CT molecular complexity index is 1000. The summed E-state index contributed by atoms with van der Waals surface area (Å²) in [4.78, 5) is 13.2. The molecule has 3 N–H and O–H groups in total. The van der Waals surface area contributed by atoms with Crippen LogP contribution < -0.4 is 9.64 Å². The van der Waals surface area contributed by atoms with E-state index in [9.17, 15) is 18.3 Å². The van der Waals surface area contributed by atoms with Crippen molar-refractivity contribution in [2.75, 3.05) is 17.2 Å². The molecule has 0 fully saturated rings. The minimum absolute atomic E-state index is 0.137. The molecule has 0 aromatic heterocycles. The second kappa shape index (κ2) is 11.3. The molecule has 0 saturated carbocycles. The smallest absolute Gasteiger partial charge is 0.368 e. The average Bonchev–Trinajstić information content (AvgIpc) is 2.92. The van der Waals surface area contributed by atoms with Gasteiger partial charge in [0.2, 0.25) is 5.83 Å². The van der Waals surface area contributed by atoms with Crippen LogP contribution in [0.2, 0.25) is 0 Å². The van der Waals surface area contributed by atoms with Gasteiger partial charge in [-0.25, -0.2) is 4.79 Å². The minimum Gasteiger partial charge on any atom is -0.476 e. The maximum atomic E-state index is 13.4. The first-order chi connectivity index (χ1) is 16.2. The zero-order valence-corrected chi connectivity index (χ0v) is 20.6. The van der Waals surface area contributed by atoms with Gasteiger partial charge in [-0.05, 0) is 37.1 Å². The van der Waals surface area contributed by atoms with E-state index >= 15 is 0 Å². The number of benzene rings is 2. The lowest BCUT2D eigenvalue weighted by Gasteiger charge is -2.42. The normalized spacial score (nSPS) is 18.0. The van der Waals surface area contributed by atoms with Crippen molar-refractivity contribution in [3.05, 3.63) is 60.6 Å². The second-order valence-electron chi connectivity index (χ2n) is 8.96. The summed E-state index contributed by atoms with van der Waals surface area (Å²) < 4.78 is 41.6. The number of carboxylic acid groups (broad SMARTS) is 1. The summed E-state index contributed by atoms with van der Waals surface area (Å²) in [5.74, 6) is -2.80. The third kappa shape index (κ3) is 6.11. The topological polar surface area (TPSA) is 90.2 Å². The number of carbonyl (C=O) groups is 1. The Balaban J connectivity index is 2.12. The molecule has 3 rings (SSSR count). The molecule has 0 atom stereocenters. The van der Waals surface area contributed by atoms with Crippen LogP contribution in [0.3, 0.4) is 0 Å². The third-order valence-electron chi connectivity index (χ3n) is 6.27. The maximum Gasteiger partial charge on any atom is 0.368 e. The lowest BCUT2D eigenvalue weighted by atomic mass is 9.79. The van der Waals surface area contributed by atoms with Crippen molar-refractivity contribution in [1.82, 2.24) is 0 Å². The Morgan fingerprint density at radius 2 is 1.76 bits per heavy atom. The number of para-hydroxylation sites is 1. The van der Waals surface area contributed by atoms with Gasteiger partial charge in [0.05, 0.1) is 10.6 Å². The van der Waals surface area contributed by atoms with Crippen molar-refractivity contribution in [3.8, 4) is 5.75 Å². The molecule has 8 heteroatoms. The highest BCUT2D eigenvalue weighted by molar-refractivity contribution is 8.24. The van der Waals surface area contributed by atoms with Crippen molar-refractivity contribution in [2.24, 2.45) is 5.41 Å². The second-order valence-corrected chi connectivity index (χ2v) is 11.0. The number of fused-ring (bicyclic) bond motifs is 1. The lowest BCUT2D eigenvalue weighted by Crippen LogP contribution is -2.37. The fourth-order valence-electron chi connectivity index (χ4n) is 4.56. The quantitative estimate of drug-likeness (QED) is 0.234. The number of ether oxygens (including phenoxy) is 1. The number of aliphatic carboxylic acids is 1. The number of anilines is 2. The Labute approximate surface area is 202 Å². The molecule has 34 heavy (non-hydrogen) atoms. The molecular formula is C26H34FNO5S. The van der Waals surface area contributed by atoms with Crippen LogP contribution in [0.5, 0.6) is 5.75 Å². The van der Waals surface area contributed by atoms with Crippen LogP contribution in [0.4, 0.5) is 15.8 Å². The largest absolute Gasteiger partial charge is 0.476 e. The molecule has 0 spiro atoms. The van der Waals surface area contributed by atoms with Gasteiger partial charge in [-0.15, -0.1) is 0 Å². The van der Waals surface area contributed by atoms with Gasteiger partial charge in [0, 0.05) is 29.5 Å². The van der Waals surface area contributed by atoms with Gasteiger partial charge < -0.3 is 14.7 Å². The summed E-state index contributed by atoms with van der Waals surface area (Å²) in [5, 5.41) is 8.73. The van der Waals surface area contributed by atoms with Gasteiger partial charge >= 0.3 is 5.97 Å². The van der Waals surface area contributed by atoms with Crippen LogP contribution in [-0.4, -0.2) is 32.5 Å². The van der Waals surface area contributed by atoms with Crippen LogP contribution in [-0.2, 0) is 4.79 Å². The van der Waals surface area contributed by atoms with Gasteiger partial charge in [-0.2, -0.15) is 15.0 Å². The van der Waals surface area contributed by atoms with Crippen LogP contribution in [0.15, 0.2) is 65.5 Å². The molecule has 0 saturated heterocycles. The van der Waals surface area contributed by atoms with Gasteiger partial charge in [0.15, 0.2) is 0 Å². The van der Waals surface area contributed by atoms with Crippen LogP contribution in [0.25, 0.3) is 0 Å². The first kappa shape index (κ1) is 26.1. The van der Waals surface area contributed by atoms with E-state index in [1.807, 2.05) is 30.3 Å². The van der Waals surface area contributed by atoms with Crippen molar-refractivity contribution < 1.29 is 28.1 Å². The SMILES string of the molecule is CCCCC1(CCCC)CN(c2ccccc2)c2ccc(O/C=C(\F)C(=O)O)cc2S(O)(O)C1. The van der Waals surface area contributed by atoms with E-state index in [1.54, 1.807) is 12.1 Å². The zero-order valence-electron chi connectivity index (χ0n) is 19.7. The van der Waals surface area contributed by atoms with E-state index in [0.29, 0.717) is 23.4 Å². The molecule has 1 aliphatic rings. The Morgan fingerprint density at radius 1 is 1.12 bits per heavy atom. The van der Waals surface area contributed by atoms with E-state index in [1.165, 1.54) is 6.07 Å². The molecule has 6 nitrogen and oxygen atoms in total. The van der Waals surface area contributed by atoms with Crippen LogP contribution >= 0.6 is 10.6 Å². The summed E-state index contributed by atoms with van der Waals surface area (Å²) in [6, 6.07) is 14.7. The van der Waals surface area contributed by atoms with Crippen LogP contribution in [0.1, 0.15) is 52.4 Å². The zero-order chi connectivity index (χ0) is 24.8. The highest BCUT2D eigenvalue weighted by Gasteiger charge is 2.42. The average molecular weight is 492 g/mol. The maximum absolute atomic E-state index is 13.4. The summed E-state index contributed by atoms with van der Waals surface area (Å²) >= 11 is 0. The molecule has 186 valence electrons. The molecule has 2 aromatic rings. The van der Waals surface area contributed by atoms with Crippen molar-refractivity contribution >= 4 is 27.9 Å².